The van der Waals surface area contributed by atoms with E-state index < -0.39 is 5.60 Å². The molecule has 2 N–H and O–H groups in total. The minimum absolute atomic E-state index is 0.296. The smallest absolute Gasteiger partial charge is 0.408 e. The van der Waals surface area contributed by atoms with Gasteiger partial charge >= 0.3 is 6.09 Å². The molecule has 0 aliphatic rings. The second-order valence-corrected chi connectivity index (χ2v) is 8.08. The third-order valence-electron chi connectivity index (χ3n) is 4.85. The monoisotopic (exact) mass is 348 g/mol. The van der Waals surface area contributed by atoms with E-state index in [1.54, 1.807) is 0 Å². The molecule has 0 unspecified atom stereocenters. The Morgan fingerprint density at radius 2 is 1.56 bits per heavy atom. The van der Waals surface area contributed by atoms with E-state index in [2.05, 4.69) is 57.4 Å². The summed E-state index contributed by atoms with van der Waals surface area (Å²) < 4.78 is 5.43. The number of alkyl carbamates (subject to hydrolysis) is 1. The number of aryl methyl sites for hydroxylation is 3. The van der Waals surface area contributed by atoms with E-state index in [4.69, 9.17) is 4.74 Å². The summed E-state index contributed by atoms with van der Waals surface area (Å²) in [5, 5.41) is 6.61. The Morgan fingerprint density at radius 3 is 2.08 bits per heavy atom. The first-order valence-corrected chi connectivity index (χ1v) is 9.30. The quantitative estimate of drug-likeness (QED) is 0.745. The summed E-state index contributed by atoms with van der Waals surface area (Å²) in [5.74, 6) is 0. The molecular formula is C21H36N2O2. The summed E-state index contributed by atoms with van der Waals surface area (Å²) in [6.45, 7) is 17.8. The molecule has 0 saturated carbocycles. The second-order valence-electron chi connectivity index (χ2n) is 8.08. The highest BCUT2D eigenvalue weighted by Crippen LogP contribution is 2.18. The van der Waals surface area contributed by atoms with Crippen LogP contribution in [0.1, 0.15) is 69.7 Å². The molecule has 1 amide bonds. The molecule has 4 heteroatoms. The number of carbonyl (C=O) groups excluding carboxylic acids is 1. The van der Waals surface area contributed by atoms with Crippen LogP contribution >= 0.6 is 0 Å². The fourth-order valence-electron chi connectivity index (χ4n) is 2.89. The van der Waals surface area contributed by atoms with Gasteiger partial charge in [0.05, 0.1) is 5.54 Å². The van der Waals surface area contributed by atoms with E-state index >= 15 is 0 Å². The third-order valence-corrected chi connectivity index (χ3v) is 4.85. The lowest BCUT2D eigenvalue weighted by Crippen LogP contribution is -2.55. The first kappa shape index (κ1) is 21.5. The van der Waals surface area contributed by atoms with Crippen molar-refractivity contribution in [3.63, 3.8) is 0 Å². The van der Waals surface area contributed by atoms with Crippen LogP contribution in [-0.4, -0.2) is 23.8 Å². The Balaban J connectivity index is 2.72. The van der Waals surface area contributed by atoms with Gasteiger partial charge in [0.1, 0.15) is 5.60 Å². The molecule has 0 aromatic heterocycles. The number of amides is 1. The number of hydrogen-bond acceptors (Lipinski definition) is 3. The van der Waals surface area contributed by atoms with Crippen molar-refractivity contribution in [1.29, 1.82) is 0 Å². The second kappa shape index (κ2) is 8.70. The van der Waals surface area contributed by atoms with Gasteiger partial charge in [0.25, 0.3) is 0 Å². The predicted octanol–water partition coefficient (Wildman–Crippen LogP) is 4.78. The largest absolute Gasteiger partial charge is 0.444 e. The average molecular weight is 349 g/mol. The number of benzene rings is 1. The summed E-state index contributed by atoms with van der Waals surface area (Å²) in [7, 11) is 0. The van der Waals surface area contributed by atoms with Gasteiger partial charge in [0.2, 0.25) is 0 Å². The Kier molecular flexibility index (Phi) is 7.48. The van der Waals surface area contributed by atoms with Gasteiger partial charge in [0.15, 0.2) is 0 Å². The Labute approximate surface area is 153 Å². The van der Waals surface area contributed by atoms with Gasteiger partial charge in [0, 0.05) is 13.1 Å². The van der Waals surface area contributed by atoms with E-state index in [1.165, 1.54) is 22.3 Å². The van der Waals surface area contributed by atoms with Gasteiger partial charge in [-0.05, 0) is 76.6 Å². The highest BCUT2D eigenvalue weighted by Gasteiger charge is 2.30. The lowest BCUT2D eigenvalue weighted by atomic mass is 9.92. The molecule has 0 atom stereocenters. The molecule has 0 aliphatic heterocycles. The van der Waals surface area contributed by atoms with Crippen LogP contribution in [0.25, 0.3) is 0 Å². The lowest BCUT2D eigenvalue weighted by molar-refractivity contribution is 0.0446. The Hall–Kier alpha value is -1.55. The van der Waals surface area contributed by atoms with E-state index in [9.17, 15) is 4.79 Å². The van der Waals surface area contributed by atoms with Crippen molar-refractivity contribution in [3.8, 4) is 0 Å². The SMILES string of the molecule is CCC(CC)(CNCc1cc(C)c(C)cc1C)NC(=O)OC(C)(C)C. The zero-order chi connectivity index (χ0) is 19.3. The van der Waals surface area contributed by atoms with E-state index in [0.717, 1.165) is 19.4 Å². The van der Waals surface area contributed by atoms with Crippen LogP contribution in [-0.2, 0) is 11.3 Å². The maximum atomic E-state index is 12.2. The summed E-state index contributed by atoms with van der Waals surface area (Å²) in [6.07, 6.45) is 1.35. The average Bonchev–Trinajstić information content (AvgIpc) is 2.49. The van der Waals surface area contributed by atoms with Crippen LogP contribution in [0, 0.1) is 20.8 Å². The molecule has 1 aromatic rings. The van der Waals surface area contributed by atoms with Crippen molar-refractivity contribution < 1.29 is 9.53 Å². The van der Waals surface area contributed by atoms with Crippen LogP contribution in [0.15, 0.2) is 12.1 Å². The van der Waals surface area contributed by atoms with Gasteiger partial charge in [-0.3, -0.25) is 0 Å². The highest BCUT2D eigenvalue weighted by molar-refractivity contribution is 5.68. The molecule has 0 radical (unpaired) electrons. The van der Waals surface area contributed by atoms with E-state index in [-0.39, 0.29) is 11.6 Å². The first-order chi connectivity index (χ1) is 11.5. The topological polar surface area (TPSA) is 50.4 Å². The van der Waals surface area contributed by atoms with Gasteiger partial charge in [-0.2, -0.15) is 0 Å². The molecule has 0 aliphatic carbocycles. The summed E-state index contributed by atoms with van der Waals surface area (Å²) >= 11 is 0. The standard InChI is InChI=1S/C21H36N2O2/c1-9-21(10-2,23-19(24)25-20(6,7)8)14-22-13-18-12-16(4)15(3)11-17(18)5/h11-12,22H,9-10,13-14H2,1-8H3,(H,23,24). The zero-order valence-corrected chi connectivity index (χ0v) is 17.3. The fourth-order valence-corrected chi connectivity index (χ4v) is 2.89. The van der Waals surface area contributed by atoms with Crippen molar-refractivity contribution in [2.45, 2.75) is 85.9 Å². The van der Waals surface area contributed by atoms with Crippen molar-refractivity contribution in [1.82, 2.24) is 10.6 Å². The molecule has 1 rings (SSSR count). The molecule has 0 saturated heterocycles. The van der Waals surface area contributed by atoms with Crippen molar-refractivity contribution in [3.05, 3.63) is 34.4 Å². The molecule has 142 valence electrons. The molecule has 4 nitrogen and oxygen atoms in total. The van der Waals surface area contributed by atoms with Gasteiger partial charge in [-0.15, -0.1) is 0 Å². The van der Waals surface area contributed by atoms with Gasteiger partial charge in [-0.1, -0.05) is 26.0 Å². The summed E-state index contributed by atoms with van der Waals surface area (Å²) in [6, 6.07) is 4.48. The molecule has 25 heavy (non-hydrogen) atoms. The lowest BCUT2D eigenvalue weighted by Gasteiger charge is -2.34. The number of rotatable bonds is 7. The van der Waals surface area contributed by atoms with Crippen LogP contribution < -0.4 is 10.6 Å². The minimum Gasteiger partial charge on any atom is -0.444 e. The molecule has 0 spiro atoms. The Bertz CT molecular complexity index is 584. The highest BCUT2D eigenvalue weighted by atomic mass is 16.6. The van der Waals surface area contributed by atoms with E-state index in [0.29, 0.717) is 6.54 Å². The third kappa shape index (κ3) is 6.69. The van der Waals surface area contributed by atoms with Gasteiger partial charge in [-0.25, -0.2) is 4.79 Å². The Morgan fingerprint density at radius 1 is 1.00 bits per heavy atom. The molecule has 0 heterocycles. The molecule has 1 aromatic carbocycles. The number of carbonyl (C=O) groups is 1. The minimum atomic E-state index is -0.485. The maximum Gasteiger partial charge on any atom is 0.408 e. The van der Waals surface area contributed by atoms with Crippen LogP contribution in [0.5, 0.6) is 0 Å². The van der Waals surface area contributed by atoms with Crippen LogP contribution in [0.2, 0.25) is 0 Å². The maximum absolute atomic E-state index is 12.2. The van der Waals surface area contributed by atoms with Crippen molar-refractivity contribution >= 4 is 6.09 Å². The predicted molar refractivity (Wildman–Crippen MR) is 105 cm³/mol. The summed E-state index contributed by atoms with van der Waals surface area (Å²) in [4.78, 5) is 12.2. The van der Waals surface area contributed by atoms with Crippen LogP contribution in [0.3, 0.4) is 0 Å². The van der Waals surface area contributed by atoms with Crippen molar-refractivity contribution in [2.24, 2.45) is 0 Å². The van der Waals surface area contributed by atoms with Crippen molar-refractivity contribution in [2.75, 3.05) is 6.54 Å². The van der Waals surface area contributed by atoms with Crippen LogP contribution in [0.4, 0.5) is 4.79 Å². The fraction of sp³-hybridized carbons (Fsp3) is 0.667. The normalized spacial score (nSPS) is 12.2. The molecule has 0 fully saturated rings. The van der Waals surface area contributed by atoms with E-state index in [1.807, 2.05) is 20.8 Å². The number of hydrogen-bond donors (Lipinski definition) is 2. The number of nitrogens with one attached hydrogen (secondary N) is 2. The zero-order valence-electron chi connectivity index (χ0n) is 17.3. The number of ether oxygens (including phenoxy) is 1. The molecular weight excluding hydrogens is 312 g/mol. The first-order valence-electron chi connectivity index (χ1n) is 9.30. The summed E-state index contributed by atoms with van der Waals surface area (Å²) in [5.41, 5.74) is 4.46. The van der Waals surface area contributed by atoms with Gasteiger partial charge < -0.3 is 15.4 Å². The molecule has 0 bridgehead atoms.